The van der Waals surface area contributed by atoms with Gasteiger partial charge in [0.15, 0.2) is 5.75 Å². The van der Waals surface area contributed by atoms with E-state index in [1.165, 1.54) is 13.0 Å². The minimum absolute atomic E-state index is 0.110. The molecule has 0 atom stereocenters. The fraction of sp³-hybridized carbons (Fsp3) is 0.300. The summed E-state index contributed by atoms with van der Waals surface area (Å²) in [5.41, 5.74) is 0.0924. The van der Waals surface area contributed by atoms with Gasteiger partial charge < -0.3 is 9.92 Å². The second-order valence-electron chi connectivity index (χ2n) is 3.79. The zero-order chi connectivity index (χ0) is 16.4. The standard InChI is InChI=1S/C10H9BrClF3N2O3S/c1-5-2-8(20-21(18,19)10(13,14)15)7(3-6(5)11)17-9(16)4-12/h2-3H,4H2,1H3,(H2,16,17). The van der Waals surface area contributed by atoms with Crippen LogP contribution in [-0.2, 0) is 10.1 Å². The Bertz CT molecular complexity index is 677. The summed E-state index contributed by atoms with van der Waals surface area (Å²) in [6.07, 6.45) is 0. The fourth-order valence-electron chi connectivity index (χ4n) is 1.15. The summed E-state index contributed by atoms with van der Waals surface area (Å²) >= 11 is 8.57. The van der Waals surface area contributed by atoms with Crippen LogP contribution in [0, 0.1) is 6.92 Å². The van der Waals surface area contributed by atoms with Gasteiger partial charge >= 0.3 is 15.6 Å². The van der Waals surface area contributed by atoms with Crippen LogP contribution in [0.2, 0.25) is 0 Å². The lowest BCUT2D eigenvalue weighted by atomic mass is 10.2. The molecule has 0 saturated heterocycles. The minimum Gasteiger partial charge on any atom is -0.386 e. The van der Waals surface area contributed by atoms with Gasteiger partial charge in [0.05, 0.1) is 5.88 Å². The molecular formula is C10H9BrClF3N2O3S. The van der Waals surface area contributed by atoms with Crippen LogP contribution in [0.5, 0.6) is 5.75 Å². The van der Waals surface area contributed by atoms with Crippen LogP contribution in [0.4, 0.5) is 18.9 Å². The largest absolute Gasteiger partial charge is 0.534 e. The second kappa shape index (κ2) is 6.41. The minimum atomic E-state index is -5.80. The Morgan fingerprint density at radius 1 is 1.48 bits per heavy atom. The first-order chi connectivity index (χ1) is 9.48. The van der Waals surface area contributed by atoms with Crippen LogP contribution in [0.3, 0.4) is 0 Å². The van der Waals surface area contributed by atoms with Crippen LogP contribution in [0.15, 0.2) is 21.6 Å². The van der Waals surface area contributed by atoms with Gasteiger partial charge in [-0.2, -0.15) is 21.6 Å². The van der Waals surface area contributed by atoms with Crippen molar-refractivity contribution in [1.29, 1.82) is 0 Å². The Balaban J connectivity index is 3.39. The van der Waals surface area contributed by atoms with Gasteiger partial charge in [-0.25, -0.2) is 4.99 Å². The van der Waals surface area contributed by atoms with Crippen molar-refractivity contribution in [2.45, 2.75) is 12.4 Å². The van der Waals surface area contributed by atoms with Crippen molar-refractivity contribution in [2.75, 3.05) is 5.88 Å². The van der Waals surface area contributed by atoms with Crippen LogP contribution in [-0.4, -0.2) is 25.6 Å². The molecule has 0 aromatic heterocycles. The topological polar surface area (TPSA) is 81.8 Å². The smallest absolute Gasteiger partial charge is 0.386 e. The highest BCUT2D eigenvalue weighted by Gasteiger charge is 2.48. The molecule has 0 bridgehead atoms. The van der Waals surface area contributed by atoms with Crippen molar-refractivity contribution in [3.05, 3.63) is 22.2 Å². The van der Waals surface area contributed by atoms with Gasteiger partial charge in [0, 0.05) is 4.47 Å². The molecule has 1 aromatic rings. The van der Waals surface area contributed by atoms with Crippen LogP contribution in [0.1, 0.15) is 5.56 Å². The van der Waals surface area contributed by atoms with E-state index in [4.69, 9.17) is 17.3 Å². The Morgan fingerprint density at radius 3 is 2.52 bits per heavy atom. The van der Waals surface area contributed by atoms with Crippen molar-refractivity contribution < 1.29 is 25.8 Å². The number of halogens is 5. The second-order valence-corrected chi connectivity index (χ2v) is 6.45. The molecule has 0 spiro atoms. The van der Waals surface area contributed by atoms with Crippen LogP contribution < -0.4 is 9.92 Å². The number of nitrogens with zero attached hydrogens (tertiary/aromatic N) is 1. The molecule has 0 aliphatic carbocycles. The third kappa shape index (κ3) is 4.48. The zero-order valence-electron chi connectivity index (χ0n) is 10.4. The summed E-state index contributed by atoms with van der Waals surface area (Å²) < 4.78 is 63.8. The van der Waals surface area contributed by atoms with E-state index in [2.05, 4.69) is 25.1 Å². The van der Waals surface area contributed by atoms with Crippen LogP contribution in [0.25, 0.3) is 0 Å². The first-order valence-electron chi connectivity index (χ1n) is 5.18. The molecule has 0 saturated carbocycles. The zero-order valence-corrected chi connectivity index (χ0v) is 13.6. The quantitative estimate of drug-likeness (QED) is 0.272. The molecule has 1 rings (SSSR count). The average molecular weight is 410 g/mol. The van der Waals surface area contributed by atoms with E-state index in [-0.39, 0.29) is 17.4 Å². The number of benzene rings is 1. The summed E-state index contributed by atoms with van der Waals surface area (Å²) in [4.78, 5) is 3.72. The Labute approximate surface area is 132 Å². The lowest BCUT2D eigenvalue weighted by Crippen LogP contribution is -2.28. The monoisotopic (exact) mass is 408 g/mol. The summed E-state index contributed by atoms with van der Waals surface area (Å²) in [6.45, 7) is 1.54. The van der Waals surface area contributed by atoms with E-state index in [1.807, 2.05) is 0 Å². The van der Waals surface area contributed by atoms with Gasteiger partial charge in [-0.3, -0.25) is 0 Å². The van der Waals surface area contributed by atoms with Gasteiger partial charge in [-0.1, -0.05) is 15.9 Å². The highest BCUT2D eigenvalue weighted by molar-refractivity contribution is 9.10. The molecule has 118 valence electrons. The highest BCUT2D eigenvalue weighted by atomic mass is 79.9. The van der Waals surface area contributed by atoms with Gasteiger partial charge in [0.25, 0.3) is 0 Å². The fourth-order valence-corrected chi connectivity index (χ4v) is 2.00. The molecule has 11 heteroatoms. The van der Waals surface area contributed by atoms with E-state index in [0.717, 1.165) is 6.07 Å². The SMILES string of the molecule is Cc1cc(OS(=O)(=O)C(F)(F)F)c(N=C(N)CCl)cc1Br. The third-order valence-corrected chi connectivity index (χ3v) is 4.22. The van der Waals surface area contributed by atoms with E-state index in [0.29, 0.717) is 10.0 Å². The first-order valence-corrected chi connectivity index (χ1v) is 7.91. The summed E-state index contributed by atoms with van der Waals surface area (Å²) in [7, 11) is -5.80. The van der Waals surface area contributed by atoms with Crippen molar-refractivity contribution in [2.24, 2.45) is 10.7 Å². The maximum atomic E-state index is 12.4. The number of amidine groups is 1. The number of rotatable bonds is 4. The maximum Gasteiger partial charge on any atom is 0.534 e. The predicted molar refractivity (Wildman–Crippen MR) is 76.5 cm³/mol. The molecule has 5 nitrogen and oxygen atoms in total. The number of hydrogen-bond donors (Lipinski definition) is 1. The summed E-state index contributed by atoms with van der Waals surface area (Å²) in [5.74, 6) is -0.889. The molecule has 21 heavy (non-hydrogen) atoms. The molecule has 0 unspecified atom stereocenters. The molecule has 0 aliphatic rings. The Kier molecular flexibility index (Phi) is 5.51. The molecule has 0 amide bonds. The molecule has 0 heterocycles. The lowest BCUT2D eigenvalue weighted by molar-refractivity contribution is -0.0499. The van der Waals surface area contributed by atoms with Gasteiger partial charge in [0.1, 0.15) is 11.5 Å². The Hall–Kier alpha value is -1.00. The molecule has 0 aliphatic heterocycles. The normalized spacial score (nSPS) is 13.3. The number of aliphatic imine (C=N–C) groups is 1. The average Bonchev–Trinajstić information content (AvgIpc) is 2.33. The molecule has 0 fully saturated rings. The van der Waals surface area contributed by atoms with Gasteiger partial charge in [-0.05, 0) is 24.6 Å². The van der Waals surface area contributed by atoms with E-state index < -0.39 is 21.4 Å². The highest BCUT2D eigenvalue weighted by Crippen LogP contribution is 2.37. The molecule has 2 N–H and O–H groups in total. The number of aryl methyl sites for hydroxylation is 1. The van der Waals surface area contributed by atoms with Crippen molar-refractivity contribution in [3.63, 3.8) is 0 Å². The first kappa shape index (κ1) is 18.1. The number of alkyl halides is 4. The van der Waals surface area contributed by atoms with Gasteiger partial charge in [0.2, 0.25) is 0 Å². The molecule has 1 aromatic carbocycles. The van der Waals surface area contributed by atoms with Crippen molar-refractivity contribution >= 4 is 49.2 Å². The predicted octanol–water partition coefficient (Wildman–Crippen LogP) is 3.21. The Morgan fingerprint density at radius 2 is 2.05 bits per heavy atom. The van der Waals surface area contributed by atoms with Gasteiger partial charge in [-0.15, -0.1) is 11.6 Å². The van der Waals surface area contributed by atoms with Crippen molar-refractivity contribution in [1.82, 2.24) is 0 Å². The number of nitrogens with two attached hydrogens (primary N) is 1. The van der Waals surface area contributed by atoms with E-state index in [9.17, 15) is 21.6 Å². The molecule has 0 radical (unpaired) electrons. The van der Waals surface area contributed by atoms with E-state index in [1.54, 1.807) is 0 Å². The van der Waals surface area contributed by atoms with E-state index >= 15 is 0 Å². The molecular weight excluding hydrogens is 401 g/mol. The third-order valence-electron chi connectivity index (χ3n) is 2.12. The maximum absolute atomic E-state index is 12.4. The summed E-state index contributed by atoms with van der Waals surface area (Å²) in [5, 5.41) is 0. The summed E-state index contributed by atoms with van der Waals surface area (Å²) in [6, 6.07) is 2.36. The van der Waals surface area contributed by atoms with Crippen LogP contribution >= 0.6 is 27.5 Å². The number of hydrogen-bond acceptors (Lipinski definition) is 4. The van der Waals surface area contributed by atoms with Crippen molar-refractivity contribution in [3.8, 4) is 5.75 Å². The lowest BCUT2D eigenvalue weighted by Gasteiger charge is -2.12.